The van der Waals surface area contributed by atoms with Gasteiger partial charge in [0.15, 0.2) is 0 Å². The molecule has 1 unspecified atom stereocenters. The Morgan fingerprint density at radius 1 is 1.39 bits per heavy atom. The molecule has 3 nitrogen and oxygen atoms in total. The molecule has 1 aromatic rings. The number of benzene rings is 1. The summed E-state index contributed by atoms with van der Waals surface area (Å²) in [6.45, 7) is 7.09. The molecule has 1 amide bonds. The van der Waals surface area contributed by atoms with Gasteiger partial charge in [-0.15, -0.1) is 0 Å². The summed E-state index contributed by atoms with van der Waals surface area (Å²) in [4.78, 5) is 13.6. The van der Waals surface area contributed by atoms with E-state index in [-0.39, 0.29) is 17.8 Å². The standard InChI is InChI=1S/C14H21FN2O/c1-4-16-11(3)10-14(18)17(5-2)13-9-7-6-8-12(13)15/h6-9,11,16H,4-5,10H2,1-3H3. The Balaban J connectivity index is 2.78. The number of nitrogens with zero attached hydrogens (tertiary/aromatic N) is 1. The molecule has 0 radical (unpaired) electrons. The first-order chi connectivity index (χ1) is 8.60. The van der Waals surface area contributed by atoms with Gasteiger partial charge in [0, 0.05) is 19.0 Å². The van der Waals surface area contributed by atoms with Gasteiger partial charge in [-0.05, 0) is 32.5 Å². The molecule has 0 aliphatic heterocycles. The molecule has 4 heteroatoms. The number of anilines is 1. The van der Waals surface area contributed by atoms with E-state index in [0.717, 1.165) is 6.54 Å². The number of hydrogen-bond acceptors (Lipinski definition) is 2. The number of carbonyl (C=O) groups excluding carboxylic acids is 1. The van der Waals surface area contributed by atoms with Gasteiger partial charge in [0.1, 0.15) is 5.82 Å². The number of hydrogen-bond donors (Lipinski definition) is 1. The minimum absolute atomic E-state index is 0.0592. The quantitative estimate of drug-likeness (QED) is 0.844. The van der Waals surface area contributed by atoms with E-state index >= 15 is 0 Å². The highest BCUT2D eigenvalue weighted by atomic mass is 19.1. The minimum atomic E-state index is -0.358. The number of carbonyl (C=O) groups is 1. The Morgan fingerprint density at radius 3 is 2.61 bits per heavy atom. The molecular formula is C14H21FN2O. The van der Waals surface area contributed by atoms with E-state index < -0.39 is 0 Å². The second-order valence-electron chi connectivity index (χ2n) is 4.25. The van der Waals surface area contributed by atoms with E-state index in [1.807, 2.05) is 20.8 Å². The third-order valence-corrected chi connectivity index (χ3v) is 2.79. The average molecular weight is 252 g/mol. The molecule has 0 aliphatic carbocycles. The van der Waals surface area contributed by atoms with E-state index in [1.165, 1.54) is 11.0 Å². The van der Waals surface area contributed by atoms with Crippen LogP contribution in [0.25, 0.3) is 0 Å². The van der Waals surface area contributed by atoms with Gasteiger partial charge in [-0.1, -0.05) is 19.1 Å². The third-order valence-electron chi connectivity index (χ3n) is 2.79. The van der Waals surface area contributed by atoms with Crippen LogP contribution < -0.4 is 10.2 Å². The zero-order chi connectivity index (χ0) is 13.5. The van der Waals surface area contributed by atoms with Crippen LogP contribution in [-0.4, -0.2) is 25.0 Å². The van der Waals surface area contributed by atoms with Gasteiger partial charge in [-0.25, -0.2) is 4.39 Å². The van der Waals surface area contributed by atoms with Crippen molar-refractivity contribution in [2.75, 3.05) is 18.0 Å². The molecule has 0 heterocycles. The van der Waals surface area contributed by atoms with E-state index in [4.69, 9.17) is 0 Å². The van der Waals surface area contributed by atoms with Gasteiger partial charge >= 0.3 is 0 Å². The summed E-state index contributed by atoms with van der Waals surface area (Å²) in [5, 5.41) is 3.18. The molecule has 1 N–H and O–H groups in total. The normalized spacial score (nSPS) is 12.2. The maximum Gasteiger partial charge on any atom is 0.228 e. The lowest BCUT2D eigenvalue weighted by Gasteiger charge is -2.23. The molecule has 0 saturated carbocycles. The number of rotatable bonds is 6. The molecule has 0 fully saturated rings. The van der Waals surface area contributed by atoms with Gasteiger partial charge < -0.3 is 10.2 Å². The van der Waals surface area contributed by atoms with Gasteiger partial charge in [0.25, 0.3) is 0 Å². The number of para-hydroxylation sites is 1. The summed E-state index contributed by atoms with van der Waals surface area (Å²) >= 11 is 0. The summed E-state index contributed by atoms with van der Waals surface area (Å²) in [5.74, 6) is -0.417. The molecule has 0 spiro atoms. The van der Waals surface area contributed by atoms with Crippen LogP contribution in [0.3, 0.4) is 0 Å². The molecule has 0 aromatic heterocycles. The molecule has 1 aromatic carbocycles. The lowest BCUT2D eigenvalue weighted by Crippen LogP contribution is -2.37. The monoisotopic (exact) mass is 252 g/mol. The fourth-order valence-electron chi connectivity index (χ4n) is 1.94. The first-order valence-electron chi connectivity index (χ1n) is 6.38. The second-order valence-corrected chi connectivity index (χ2v) is 4.25. The van der Waals surface area contributed by atoms with Crippen molar-refractivity contribution in [3.05, 3.63) is 30.1 Å². The molecule has 0 aliphatic rings. The molecule has 100 valence electrons. The van der Waals surface area contributed by atoms with Crippen LogP contribution >= 0.6 is 0 Å². The van der Waals surface area contributed by atoms with Crippen LogP contribution in [0, 0.1) is 5.82 Å². The fraction of sp³-hybridized carbons (Fsp3) is 0.500. The van der Waals surface area contributed by atoms with E-state index in [0.29, 0.717) is 18.7 Å². The zero-order valence-corrected chi connectivity index (χ0v) is 11.2. The molecular weight excluding hydrogens is 231 g/mol. The summed E-state index contributed by atoms with van der Waals surface area (Å²) in [6.07, 6.45) is 0.371. The molecule has 0 bridgehead atoms. The summed E-state index contributed by atoms with van der Waals surface area (Å²) in [5.41, 5.74) is 0.355. The minimum Gasteiger partial charge on any atom is -0.314 e. The van der Waals surface area contributed by atoms with Crippen molar-refractivity contribution in [3.8, 4) is 0 Å². The largest absolute Gasteiger partial charge is 0.314 e. The molecule has 1 atom stereocenters. The zero-order valence-electron chi connectivity index (χ0n) is 11.2. The van der Waals surface area contributed by atoms with E-state index in [1.54, 1.807) is 18.2 Å². The fourth-order valence-corrected chi connectivity index (χ4v) is 1.94. The van der Waals surface area contributed by atoms with Crippen molar-refractivity contribution in [1.29, 1.82) is 0 Å². The first kappa shape index (κ1) is 14.6. The Morgan fingerprint density at radius 2 is 2.06 bits per heavy atom. The topological polar surface area (TPSA) is 32.3 Å². The maximum absolute atomic E-state index is 13.7. The Bertz CT molecular complexity index is 395. The van der Waals surface area contributed by atoms with Crippen LogP contribution in [0.5, 0.6) is 0 Å². The van der Waals surface area contributed by atoms with Crippen LogP contribution in [0.15, 0.2) is 24.3 Å². The predicted molar refractivity (Wildman–Crippen MR) is 72.2 cm³/mol. The van der Waals surface area contributed by atoms with E-state index in [9.17, 15) is 9.18 Å². The van der Waals surface area contributed by atoms with Crippen LogP contribution in [-0.2, 0) is 4.79 Å². The summed E-state index contributed by atoms with van der Waals surface area (Å²) < 4.78 is 13.7. The molecule has 0 saturated heterocycles. The van der Waals surface area contributed by atoms with Crippen molar-refractivity contribution in [3.63, 3.8) is 0 Å². The van der Waals surface area contributed by atoms with Crippen molar-refractivity contribution >= 4 is 11.6 Å². The van der Waals surface area contributed by atoms with Crippen molar-refractivity contribution in [1.82, 2.24) is 5.32 Å². The molecule has 18 heavy (non-hydrogen) atoms. The number of halogens is 1. The number of amides is 1. The highest BCUT2D eigenvalue weighted by Crippen LogP contribution is 2.19. The van der Waals surface area contributed by atoms with Gasteiger partial charge in [0.2, 0.25) is 5.91 Å². The highest BCUT2D eigenvalue weighted by molar-refractivity contribution is 5.93. The SMILES string of the molecule is CCNC(C)CC(=O)N(CC)c1ccccc1F. The second kappa shape index (κ2) is 7.11. The number of nitrogens with one attached hydrogen (secondary N) is 1. The van der Waals surface area contributed by atoms with Crippen LogP contribution in [0.4, 0.5) is 10.1 Å². The van der Waals surface area contributed by atoms with Gasteiger partial charge in [0.05, 0.1) is 5.69 Å². The van der Waals surface area contributed by atoms with Crippen molar-refractivity contribution in [2.45, 2.75) is 33.2 Å². The predicted octanol–water partition coefficient (Wildman–Crippen LogP) is 2.57. The smallest absolute Gasteiger partial charge is 0.228 e. The van der Waals surface area contributed by atoms with Crippen LogP contribution in [0.1, 0.15) is 27.2 Å². The Hall–Kier alpha value is -1.42. The lowest BCUT2D eigenvalue weighted by molar-refractivity contribution is -0.119. The lowest BCUT2D eigenvalue weighted by atomic mass is 10.2. The Labute approximate surface area is 108 Å². The average Bonchev–Trinajstić information content (AvgIpc) is 2.32. The van der Waals surface area contributed by atoms with Crippen molar-refractivity contribution in [2.24, 2.45) is 0 Å². The summed E-state index contributed by atoms with van der Waals surface area (Å²) in [6, 6.07) is 6.47. The molecule has 1 rings (SSSR count). The van der Waals surface area contributed by atoms with Crippen molar-refractivity contribution < 1.29 is 9.18 Å². The van der Waals surface area contributed by atoms with Gasteiger partial charge in [-0.3, -0.25) is 4.79 Å². The van der Waals surface area contributed by atoms with Gasteiger partial charge in [-0.2, -0.15) is 0 Å². The summed E-state index contributed by atoms with van der Waals surface area (Å²) in [7, 11) is 0. The Kier molecular flexibility index (Phi) is 5.78. The maximum atomic E-state index is 13.7. The van der Waals surface area contributed by atoms with Crippen LogP contribution in [0.2, 0.25) is 0 Å². The van der Waals surface area contributed by atoms with E-state index in [2.05, 4.69) is 5.32 Å². The highest BCUT2D eigenvalue weighted by Gasteiger charge is 2.18. The third kappa shape index (κ3) is 3.81. The first-order valence-corrected chi connectivity index (χ1v) is 6.38.